The lowest BCUT2D eigenvalue weighted by molar-refractivity contribution is -0.131. The highest BCUT2D eigenvalue weighted by molar-refractivity contribution is 8.01. The number of rotatable bonds is 6. The fraction of sp³-hybridized carbons (Fsp3) is 0.667. The minimum atomic E-state index is -0.0341. The number of nitrogens with zero attached hydrogens (tertiary/aromatic N) is 4. The third-order valence-corrected chi connectivity index (χ3v) is 5.52. The highest BCUT2D eigenvalue weighted by Crippen LogP contribution is 2.28. The van der Waals surface area contributed by atoms with Gasteiger partial charge in [0, 0.05) is 45.5 Å². The average molecular weight is 364 g/mol. The van der Waals surface area contributed by atoms with Crippen LogP contribution >= 0.6 is 34.7 Å². The Hall–Kier alpha value is -1.06. The fourth-order valence-electron chi connectivity index (χ4n) is 1.97. The zero-order chi connectivity index (χ0) is 15.9. The topological polar surface area (TPSA) is 78.4 Å². The van der Waals surface area contributed by atoms with E-state index in [2.05, 4.69) is 20.4 Å². The van der Waals surface area contributed by atoms with Crippen LogP contribution in [0.1, 0.15) is 6.42 Å². The molecule has 1 N–H and O–H groups in total. The Morgan fingerprint density at radius 3 is 2.68 bits per heavy atom. The first kappa shape index (κ1) is 17.3. The molecule has 0 aliphatic carbocycles. The van der Waals surface area contributed by atoms with Crippen LogP contribution < -0.4 is 10.2 Å². The molecule has 10 heteroatoms. The number of carbonyl (C=O) groups is 2. The first-order valence-corrected chi connectivity index (χ1v) is 9.23. The molecule has 1 aliphatic heterocycles. The van der Waals surface area contributed by atoms with Crippen molar-refractivity contribution < 1.29 is 9.59 Å². The van der Waals surface area contributed by atoms with Crippen LogP contribution in [0.4, 0.5) is 5.13 Å². The summed E-state index contributed by atoms with van der Waals surface area (Å²) in [6, 6.07) is 0. The smallest absolute Gasteiger partial charge is 0.230 e. The van der Waals surface area contributed by atoms with E-state index in [1.54, 1.807) is 7.05 Å². The van der Waals surface area contributed by atoms with Crippen molar-refractivity contribution >= 4 is 51.6 Å². The lowest BCUT2D eigenvalue weighted by Crippen LogP contribution is -2.48. The number of anilines is 1. The van der Waals surface area contributed by atoms with Crippen molar-refractivity contribution in [2.45, 2.75) is 10.8 Å². The number of piperazine rings is 1. The molecule has 2 heterocycles. The van der Waals surface area contributed by atoms with Gasteiger partial charge in [-0.2, -0.15) is 0 Å². The predicted molar refractivity (Wildman–Crippen MR) is 88.8 cm³/mol. The van der Waals surface area contributed by atoms with Gasteiger partial charge in [-0.25, -0.2) is 0 Å². The molecule has 1 aromatic heterocycles. The van der Waals surface area contributed by atoms with Crippen LogP contribution in [0.15, 0.2) is 4.34 Å². The number of carbonyl (C=O) groups excluding carboxylic acids is 2. The number of halogens is 1. The van der Waals surface area contributed by atoms with Gasteiger partial charge in [0.1, 0.15) is 0 Å². The van der Waals surface area contributed by atoms with Crippen molar-refractivity contribution in [1.29, 1.82) is 0 Å². The van der Waals surface area contributed by atoms with Gasteiger partial charge in [0.15, 0.2) is 4.34 Å². The third-order valence-electron chi connectivity index (χ3n) is 3.21. The van der Waals surface area contributed by atoms with Crippen LogP contribution in [0.5, 0.6) is 0 Å². The molecule has 1 aromatic rings. The number of nitrogens with one attached hydrogen (secondary N) is 1. The van der Waals surface area contributed by atoms with Crippen molar-refractivity contribution in [3.05, 3.63) is 0 Å². The standard InChI is InChI=1S/C12H18ClN5O2S2/c1-14-9(19)8-21-12-16-15-11(22-12)18-6-4-17(5-7-18)10(20)2-3-13/h2-8H2,1H3,(H,14,19). The van der Waals surface area contributed by atoms with Gasteiger partial charge < -0.3 is 15.1 Å². The van der Waals surface area contributed by atoms with Crippen molar-refractivity contribution in [3.8, 4) is 0 Å². The minimum Gasteiger partial charge on any atom is -0.358 e. The SMILES string of the molecule is CNC(=O)CSc1nnc(N2CCN(C(=O)CCCl)CC2)s1. The summed E-state index contributed by atoms with van der Waals surface area (Å²) < 4.78 is 0.777. The molecule has 7 nitrogen and oxygen atoms in total. The van der Waals surface area contributed by atoms with Gasteiger partial charge in [-0.3, -0.25) is 9.59 Å². The average Bonchev–Trinajstić information content (AvgIpc) is 3.02. The Balaban J connectivity index is 1.83. The van der Waals surface area contributed by atoms with Crippen LogP contribution in [-0.4, -0.2) is 71.8 Å². The Bertz CT molecular complexity index is 519. The van der Waals surface area contributed by atoms with E-state index in [-0.39, 0.29) is 11.8 Å². The normalized spacial score (nSPS) is 15.0. The molecule has 0 atom stereocenters. The molecule has 22 heavy (non-hydrogen) atoms. The molecule has 1 saturated heterocycles. The quantitative estimate of drug-likeness (QED) is 0.590. The van der Waals surface area contributed by atoms with E-state index in [0.717, 1.165) is 22.6 Å². The maximum Gasteiger partial charge on any atom is 0.230 e. The third kappa shape index (κ3) is 4.72. The number of hydrogen-bond donors (Lipinski definition) is 1. The Labute approximate surface area is 142 Å². The number of amides is 2. The number of thioether (sulfide) groups is 1. The highest BCUT2D eigenvalue weighted by atomic mass is 35.5. The molecule has 0 radical (unpaired) electrons. The maximum absolute atomic E-state index is 11.8. The molecular formula is C12H18ClN5O2S2. The van der Waals surface area contributed by atoms with E-state index in [1.165, 1.54) is 23.1 Å². The summed E-state index contributed by atoms with van der Waals surface area (Å²) in [7, 11) is 1.61. The molecule has 1 fully saturated rings. The number of hydrogen-bond acceptors (Lipinski definition) is 7. The lowest BCUT2D eigenvalue weighted by Gasteiger charge is -2.34. The van der Waals surface area contributed by atoms with Gasteiger partial charge in [0.25, 0.3) is 0 Å². The van der Waals surface area contributed by atoms with Crippen LogP contribution in [0.2, 0.25) is 0 Å². The van der Waals surface area contributed by atoms with E-state index in [0.29, 0.717) is 31.1 Å². The largest absolute Gasteiger partial charge is 0.358 e. The van der Waals surface area contributed by atoms with Gasteiger partial charge in [0.2, 0.25) is 16.9 Å². The predicted octanol–water partition coefficient (Wildman–Crippen LogP) is 0.654. The zero-order valence-electron chi connectivity index (χ0n) is 12.2. The molecule has 0 saturated carbocycles. The van der Waals surface area contributed by atoms with Crippen molar-refractivity contribution in [3.63, 3.8) is 0 Å². The van der Waals surface area contributed by atoms with Crippen molar-refractivity contribution in [2.24, 2.45) is 0 Å². The summed E-state index contributed by atoms with van der Waals surface area (Å²) in [4.78, 5) is 26.9. The maximum atomic E-state index is 11.8. The second-order valence-electron chi connectivity index (χ2n) is 4.62. The van der Waals surface area contributed by atoms with Gasteiger partial charge in [-0.05, 0) is 0 Å². The molecule has 2 amide bonds. The number of aromatic nitrogens is 2. The first-order chi connectivity index (χ1) is 10.6. The second-order valence-corrected chi connectivity index (χ2v) is 7.18. The molecule has 0 unspecified atom stereocenters. The Morgan fingerprint density at radius 2 is 2.05 bits per heavy atom. The summed E-state index contributed by atoms with van der Waals surface area (Å²) in [5, 5.41) is 11.7. The van der Waals surface area contributed by atoms with E-state index in [4.69, 9.17) is 11.6 Å². The lowest BCUT2D eigenvalue weighted by atomic mass is 10.3. The highest BCUT2D eigenvalue weighted by Gasteiger charge is 2.23. The van der Waals surface area contributed by atoms with Gasteiger partial charge in [-0.1, -0.05) is 23.1 Å². The van der Waals surface area contributed by atoms with Crippen LogP contribution in [0, 0.1) is 0 Å². The van der Waals surface area contributed by atoms with E-state index in [9.17, 15) is 9.59 Å². The van der Waals surface area contributed by atoms with Crippen molar-refractivity contribution in [1.82, 2.24) is 20.4 Å². The van der Waals surface area contributed by atoms with Crippen LogP contribution in [-0.2, 0) is 9.59 Å². The summed E-state index contributed by atoms with van der Waals surface area (Å²) in [6.07, 6.45) is 0.390. The second kappa shape index (κ2) is 8.54. The van der Waals surface area contributed by atoms with Crippen molar-refractivity contribution in [2.75, 3.05) is 49.8 Å². The summed E-state index contributed by atoms with van der Waals surface area (Å²) >= 11 is 8.45. The van der Waals surface area contributed by atoms with E-state index in [1.807, 2.05) is 4.90 Å². The minimum absolute atomic E-state index is 0.0341. The molecule has 2 rings (SSSR count). The molecule has 0 aromatic carbocycles. The van der Waals surface area contributed by atoms with E-state index < -0.39 is 0 Å². The molecule has 1 aliphatic rings. The molecule has 0 spiro atoms. The van der Waals surface area contributed by atoms with Crippen LogP contribution in [0.25, 0.3) is 0 Å². The fourth-order valence-corrected chi connectivity index (χ4v) is 3.90. The Kier molecular flexibility index (Phi) is 6.71. The summed E-state index contributed by atoms with van der Waals surface area (Å²) in [5.74, 6) is 0.773. The zero-order valence-corrected chi connectivity index (χ0v) is 14.6. The van der Waals surface area contributed by atoms with E-state index >= 15 is 0 Å². The monoisotopic (exact) mass is 363 g/mol. The summed E-state index contributed by atoms with van der Waals surface area (Å²) in [5.41, 5.74) is 0. The molecule has 122 valence electrons. The molecule has 0 bridgehead atoms. The summed E-state index contributed by atoms with van der Waals surface area (Å²) in [6.45, 7) is 2.83. The van der Waals surface area contributed by atoms with Crippen LogP contribution in [0.3, 0.4) is 0 Å². The van der Waals surface area contributed by atoms with Gasteiger partial charge in [0.05, 0.1) is 5.75 Å². The van der Waals surface area contributed by atoms with Gasteiger partial charge in [-0.15, -0.1) is 21.8 Å². The molecular weight excluding hydrogens is 346 g/mol. The first-order valence-electron chi connectivity index (χ1n) is 6.89. The Morgan fingerprint density at radius 1 is 1.32 bits per heavy atom. The van der Waals surface area contributed by atoms with Gasteiger partial charge >= 0.3 is 0 Å². The number of alkyl halides is 1.